The van der Waals surface area contributed by atoms with Gasteiger partial charge >= 0.3 is 0 Å². The van der Waals surface area contributed by atoms with E-state index in [9.17, 15) is 25.3 Å². The Balaban J connectivity index is 0.00000179. The maximum Gasteiger partial charge on any atom is 0.279 e. The second-order valence-electron chi connectivity index (χ2n) is 7.46. The van der Waals surface area contributed by atoms with Gasteiger partial charge in [-0.25, -0.2) is 0 Å². The van der Waals surface area contributed by atoms with Crippen molar-refractivity contribution in [3.05, 3.63) is 116 Å². The van der Waals surface area contributed by atoms with Crippen molar-refractivity contribution in [2.75, 3.05) is 13.2 Å². The zero-order valence-corrected chi connectivity index (χ0v) is 24.6. The molecule has 0 saturated heterocycles. The number of hydrogen-bond donors (Lipinski definition) is 2. The fourth-order valence-electron chi connectivity index (χ4n) is 3.01. The molecule has 3 aromatic carbocycles. The Labute approximate surface area is 247 Å². The van der Waals surface area contributed by atoms with E-state index in [-0.39, 0.29) is 68.6 Å². The van der Waals surface area contributed by atoms with Crippen molar-refractivity contribution in [1.82, 2.24) is 0 Å². The topological polar surface area (TPSA) is 136 Å². The minimum atomic E-state index is -0.657. The summed E-state index contributed by atoms with van der Waals surface area (Å²) in [6.45, 7) is 9.23. The van der Waals surface area contributed by atoms with Crippen LogP contribution in [0.2, 0.25) is 0 Å². The van der Waals surface area contributed by atoms with Gasteiger partial charge in [0.05, 0.1) is 34.9 Å². The first-order valence-electron chi connectivity index (χ1n) is 11.6. The Morgan fingerprint density at radius 2 is 1.47 bits per heavy atom. The number of nitro groups is 2. The number of aromatic hydroxyl groups is 1. The van der Waals surface area contributed by atoms with Gasteiger partial charge in [0.15, 0.2) is 0 Å². The molecule has 0 unspecified atom stereocenters. The van der Waals surface area contributed by atoms with Gasteiger partial charge in [-0.3, -0.25) is 20.2 Å². The molecule has 0 saturated carbocycles. The third-order valence-corrected chi connectivity index (χ3v) is 4.63. The number of non-ortho nitro benzene ring substituents is 1. The van der Waals surface area contributed by atoms with Crippen LogP contribution in [-0.2, 0) is 43.9 Å². The number of nitrogens with zero attached hydrogens (tertiary/aromatic N) is 2. The Hall–Kier alpha value is -3.40. The van der Waals surface area contributed by atoms with Gasteiger partial charge in [0.2, 0.25) is 0 Å². The van der Waals surface area contributed by atoms with Gasteiger partial charge in [-0.2, -0.15) is 0 Å². The number of rotatable bonds is 9. The normalized spacial score (nSPS) is 9.76. The first-order valence-corrected chi connectivity index (χ1v) is 11.6. The van der Waals surface area contributed by atoms with Gasteiger partial charge in [-0.05, 0) is 41.8 Å². The van der Waals surface area contributed by atoms with Gasteiger partial charge in [0.25, 0.3) is 11.4 Å². The van der Waals surface area contributed by atoms with E-state index >= 15 is 0 Å². The van der Waals surface area contributed by atoms with E-state index < -0.39 is 9.85 Å². The molecule has 199 valence electrons. The molecule has 0 bridgehead atoms. The van der Waals surface area contributed by atoms with Gasteiger partial charge in [-0.1, -0.05) is 69.0 Å². The van der Waals surface area contributed by atoms with E-state index in [0.717, 1.165) is 22.8 Å². The predicted octanol–water partition coefficient (Wildman–Crippen LogP) is 7.25. The van der Waals surface area contributed by atoms with Gasteiger partial charge < -0.3 is 14.9 Å². The number of ether oxygens (including phenoxy) is 1. The Bertz CT molecular complexity index is 1190. The van der Waals surface area contributed by atoms with Gasteiger partial charge in [0.1, 0.15) is 5.75 Å². The number of aliphatic hydroxyl groups is 1. The number of phenolic OH excluding ortho intramolecular Hbond substituents is 1. The molecule has 9 nitrogen and oxygen atoms in total. The second-order valence-corrected chi connectivity index (χ2v) is 7.46. The van der Waals surface area contributed by atoms with Crippen LogP contribution in [0.1, 0.15) is 31.9 Å². The molecule has 38 heavy (non-hydrogen) atoms. The van der Waals surface area contributed by atoms with Crippen LogP contribution >= 0.6 is 0 Å². The number of benzene rings is 3. The fourth-order valence-corrected chi connectivity index (χ4v) is 3.01. The van der Waals surface area contributed by atoms with Crippen LogP contribution < -0.4 is 0 Å². The molecule has 3 aromatic rings. The van der Waals surface area contributed by atoms with Crippen LogP contribution in [0.15, 0.2) is 85.1 Å². The van der Waals surface area contributed by atoms with Gasteiger partial charge in [-0.15, -0.1) is 0 Å². The maximum atomic E-state index is 11.1. The molecule has 0 aliphatic heterocycles. The summed E-state index contributed by atoms with van der Waals surface area (Å²) in [7, 11) is 0. The molecule has 0 aliphatic rings. The standard InChI is InChI=1S/C23H20N2O6.C3H6O.C2H6.Y/c26-22-11-8-19(9-12-22)18-5-3-17(4-6-18)2-1-14-31-15-13-20-7-10-21(24(27)28)16-23(20)25(29)30;1-3(2)4;1-2;/h1-12,16,26H,13-15H2;4H,1H2,2H3;1-2H3;/b2-1+;;;. The van der Waals surface area contributed by atoms with Crippen molar-refractivity contribution >= 4 is 17.5 Å². The third-order valence-electron chi connectivity index (χ3n) is 4.63. The summed E-state index contributed by atoms with van der Waals surface area (Å²) in [6.07, 6.45) is 4.04. The Morgan fingerprint density at radius 1 is 0.947 bits per heavy atom. The van der Waals surface area contributed by atoms with Crippen LogP contribution in [0.5, 0.6) is 5.75 Å². The largest absolute Gasteiger partial charge is 0.513 e. The van der Waals surface area contributed by atoms with E-state index in [0.29, 0.717) is 12.2 Å². The first-order chi connectivity index (χ1) is 17.7. The van der Waals surface area contributed by atoms with Crippen LogP contribution in [-0.4, -0.2) is 33.3 Å². The number of aliphatic hydroxyl groups excluding tert-OH is 1. The van der Waals surface area contributed by atoms with Crippen LogP contribution in [0.4, 0.5) is 11.4 Å². The summed E-state index contributed by atoms with van der Waals surface area (Å²) in [6, 6.07) is 18.5. The Morgan fingerprint density at radius 3 is 1.97 bits per heavy atom. The van der Waals surface area contributed by atoms with E-state index in [1.165, 1.54) is 19.1 Å². The Kier molecular flexibility index (Phi) is 17.1. The second kappa shape index (κ2) is 18.8. The predicted molar refractivity (Wildman–Crippen MR) is 146 cm³/mol. The SMILES string of the molecule is C=C(C)O.CC.O=[N+]([O-])c1ccc(CCOC/C=C/c2ccc(-c3ccc(O)cc3)cc2)c([N+](=O)[O-])c1.[Y]. The number of nitro benzene ring substituents is 2. The molecule has 1 radical (unpaired) electrons. The van der Waals surface area contributed by atoms with Crippen LogP contribution in [0, 0.1) is 20.2 Å². The van der Waals surface area contributed by atoms with Gasteiger partial charge in [0, 0.05) is 50.8 Å². The molecule has 0 spiro atoms. The van der Waals surface area contributed by atoms with Crippen LogP contribution in [0.25, 0.3) is 17.2 Å². The van der Waals surface area contributed by atoms with Crippen molar-refractivity contribution < 1.29 is 57.5 Å². The van der Waals surface area contributed by atoms with E-state index in [1.54, 1.807) is 12.1 Å². The summed E-state index contributed by atoms with van der Waals surface area (Å²) < 4.78 is 5.51. The third kappa shape index (κ3) is 12.7. The molecule has 2 N–H and O–H groups in total. The molecule has 0 heterocycles. The number of allylic oxidation sites excluding steroid dienone is 1. The molecule has 0 aliphatic carbocycles. The molecule has 0 amide bonds. The van der Waals surface area contributed by atoms with Crippen molar-refractivity contribution in [2.24, 2.45) is 0 Å². The molecule has 0 atom stereocenters. The summed E-state index contributed by atoms with van der Waals surface area (Å²) in [4.78, 5) is 20.6. The first kappa shape index (κ1) is 34.6. The van der Waals surface area contributed by atoms with E-state index in [4.69, 9.17) is 9.84 Å². The zero-order valence-electron chi connectivity index (χ0n) is 21.7. The van der Waals surface area contributed by atoms with Crippen molar-refractivity contribution in [3.63, 3.8) is 0 Å². The monoisotopic (exact) mass is 597 g/mol. The summed E-state index contributed by atoms with van der Waals surface area (Å²) in [5, 5.41) is 39.1. The number of phenols is 1. The quantitative estimate of drug-likeness (QED) is 0.115. The molecule has 3 rings (SSSR count). The fraction of sp³-hybridized carbons (Fsp3) is 0.214. The van der Waals surface area contributed by atoms with Crippen molar-refractivity contribution in [1.29, 1.82) is 0 Å². The van der Waals surface area contributed by atoms with E-state index in [2.05, 4.69) is 6.58 Å². The summed E-state index contributed by atoms with van der Waals surface area (Å²) in [5.41, 5.74) is 2.86. The minimum Gasteiger partial charge on any atom is -0.513 e. The average molecular weight is 597 g/mol. The van der Waals surface area contributed by atoms with Crippen molar-refractivity contribution in [3.8, 4) is 16.9 Å². The molecule has 0 fully saturated rings. The van der Waals surface area contributed by atoms with E-state index in [1.807, 2.05) is 62.4 Å². The summed E-state index contributed by atoms with van der Waals surface area (Å²) >= 11 is 0. The average Bonchev–Trinajstić information content (AvgIpc) is 2.87. The van der Waals surface area contributed by atoms with Crippen LogP contribution in [0.3, 0.4) is 0 Å². The molecule has 0 aromatic heterocycles. The maximum absolute atomic E-state index is 11.1. The minimum absolute atomic E-state index is 0. The molecule has 10 heteroatoms. The van der Waals surface area contributed by atoms with Crippen molar-refractivity contribution in [2.45, 2.75) is 27.2 Å². The zero-order chi connectivity index (χ0) is 27.8. The molecular formula is C28H32N2O7Y. The summed E-state index contributed by atoms with van der Waals surface area (Å²) in [5.74, 6) is 0.395. The smallest absolute Gasteiger partial charge is 0.279 e. The molecular weight excluding hydrogens is 565 g/mol. The number of hydrogen-bond acceptors (Lipinski definition) is 7.